The van der Waals surface area contributed by atoms with Crippen molar-refractivity contribution < 1.29 is 32.6 Å². The minimum atomic E-state index is -5.09. The molecule has 1 heterocycles. The summed E-state index contributed by atoms with van der Waals surface area (Å²) in [4.78, 5) is 22.2. The number of aliphatic carboxylic acids is 1. The van der Waals surface area contributed by atoms with E-state index in [1.54, 1.807) is 0 Å². The van der Waals surface area contributed by atoms with Crippen molar-refractivity contribution in [2.45, 2.75) is 24.7 Å². The topological polar surface area (TPSA) is 87.7 Å². The summed E-state index contributed by atoms with van der Waals surface area (Å²) in [5, 5.41) is 12.8. The first-order chi connectivity index (χ1) is 8.18. The molecule has 0 bridgehead atoms. The molecule has 1 amide bonds. The second kappa shape index (κ2) is 5.11. The Morgan fingerprint density at radius 2 is 2.06 bits per heavy atom. The lowest BCUT2D eigenvalue weighted by Gasteiger charge is -2.31. The van der Waals surface area contributed by atoms with E-state index in [1.807, 2.05) is 0 Å². The molecule has 9 heteroatoms. The molecule has 0 saturated carbocycles. The van der Waals surface area contributed by atoms with Gasteiger partial charge in [-0.25, -0.2) is 4.79 Å². The SMILES string of the molecule is CC(NC(=O)C1COCCN1)(C(=O)O)C(F)(F)F. The average molecular weight is 270 g/mol. The van der Waals surface area contributed by atoms with Crippen LogP contribution in [0, 0.1) is 0 Å². The van der Waals surface area contributed by atoms with Gasteiger partial charge in [-0.15, -0.1) is 0 Å². The van der Waals surface area contributed by atoms with E-state index < -0.39 is 29.6 Å². The highest BCUT2D eigenvalue weighted by molar-refractivity contribution is 5.90. The van der Waals surface area contributed by atoms with E-state index >= 15 is 0 Å². The fraction of sp³-hybridized carbons (Fsp3) is 0.778. The molecule has 3 N–H and O–H groups in total. The number of alkyl halides is 3. The molecule has 104 valence electrons. The van der Waals surface area contributed by atoms with E-state index in [0.717, 1.165) is 0 Å². The van der Waals surface area contributed by atoms with Gasteiger partial charge in [0.2, 0.25) is 11.4 Å². The third kappa shape index (κ3) is 2.91. The first kappa shape index (κ1) is 14.7. The molecule has 1 saturated heterocycles. The fourth-order valence-electron chi connectivity index (χ4n) is 1.31. The van der Waals surface area contributed by atoms with Crippen LogP contribution in [0.15, 0.2) is 0 Å². The number of hydrogen-bond donors (Lipinski definition) is 3. The second-order valence-electron chi connectivity index (χ2n) is 4.00. The van der Waals surface area contributed by atoms with Crippen LogP contribution in [0.25, 0.3) is 0 Å². The van der Waals surface area contributed by atoms with Gasteiger partial charge >= 0.3 is 12.1 Å². The zero-order valence-corrected chi connectivity index (χ0v) is 9.50. The van der Waals surface area contributed by atoms with E-state index in [9.17, 15) is 22.8 Å². The summed E-state index contributed by atoms with van der Waals surface area (Å²) in [6.07, 6.45) is -5.09. The quantitative estimate of drug-likeness (QED) is 0.643. The van der Waals surface area contributed by atoms with Crippen LogP contribution in [0.2, 0.25) is 0 Å². The monoisotopic (exact) mass is 270 g/mol. The Hall–Kier alpha value is -1.35. The van der Waals surface area contributed by atoms with Gasteiger partial charge in [0.25, 0.3) is 0 Å². The van der Waals surface area contributed by atoms with Crippen molar-refractivity contribution in [2.24, 2.45) is 0 Å². The van der Waals surface area contributed by atoms with Gasteiger partial charge in [-0.1, -0.05) is 0 Å². The smallest absolute Gasteiger partial charge is 0.422 e. The lowest BCUT2D eigenvalue weighted by Crippen LogP contribution is -2.65. The van der Waals surface area contributed by atoms with Gasteiger partial charge in [0.15, 0.2) is 0 Å². The molecule has 0 spiro atoms. The second-order valence-corrected chi connectivity index (χ2v) is 4.00. The van der Waals surface area contributed by atoms with Crippen molar-refractivity contribution >= 4 is 11.9 Å². The number of morpholine rings is 1. The molecule has 18 heavy (non-hydrogen) atoms. The molecule has 6 nitrogen and oxygen atoms in total. The summed E-state index contributed by atoms with van der Waals surface area (Å²) in [6, 6.07) is -0.986. The molecule has 1 aliphatic rings. The zero-order chi connectivity index (χ0) is 14.0. The number of carbonyl (C=O) groups is 2. The Kier molecular flexibility index (Phi) is 4.17. The molecule has 1 rings (SSSR count). The van der Waals surface area contributed by atoms with Gasteiger partial charge in [-0.05, 0) is 6.92 Å². The minimum Gasteiger partial charge on any atom is -0.479 e. The summed E-state index contributed by atoms with van der Waals surface area (Å²) in [7, 11) is 0. The van der Waals surface area contributed by atoms with Crippen molar-refractivity contribution in [3.63, 3.8) is 0 Å². The molecule has 0 radical (unpaired) electrons. The van der Waals surface area contributed by atoms with Crippen molar-refractivity contribution in [3.05, 3.63) is 0 Å². The Bertz CT molecular complexity index is 341. The minimum absolute atomic E-state index is 0.0978. The normalized spacial score (nSPS) is 24.1. The third-order valence-corrected chi connectivity index (χ3v) is 2.61. The van der Waals surface area contributed by atoms with Crippen molar-refractivity contribution in [1.29, 1.82) is 0 Å². The van der Waals surface area contributed by atoms with Crippen LogP contribution in [0.3, 0.4) is 0 Å². The van der Waals surface area contributed by atoms with Crippen LogP contribution in [0.5, 0.6) is 0 Å². The summed E-state index contributed by atoms with van der Waals surface area (Å²) in [5.74, 6) is -3.22. The molecule has 0 aromatic carbocycles. The Morgan fingerprint density at radius 1 is 1.44 bits per heavy atom. The van der Waals surface area contributed by atoms with Crippen LogP contribution in [0.4, 0.5) is 13.2 Å². The maximum absolute atomic E-state index is 12.6. The van der Waals surface area contributed by atoms with Gasteiger partial charge in [0.05, 0.1) is 13.2 Å². The first-order valence-corrected chi connectivity index (χ1v) is 5.12. The van der Waals surface area contributed by atoms with E-state index in [0.29, 0.717) is 20.1 Å². The predicted molar refractivity (Wildman–Crippen MR) is 52.8 cm³/mol. The molecule has 0 aromatic heterocycles. The van der Waals surface area contributed by atoms with Crippen LogP contribution < -0.4 is 10.6 Å². The fourth-order valence-corrected chi connectivity index (χ4v) is 1.31. The van der Waals surface area contributed by atoms with Crippen molar-refractivity contribution in [2.75, 3.05) is 19.8 Å². The lowest BCUT2D eigenvalue weighted by atomic mass is 10.0. The van der Waals surface area contributed by atoms with Crippen LogP contribution in [-0.4, -0.2) is 54.5 Å². The Morgan fingerprint density at radius 3 is 2.44 bits per heavy atom. The summed E-state index contributed by atoms with van der Waals surface area (Å²) < 4.78 is 42.8. The number of halogens is 3. The van der Waals surface area contributed by atoms with Gasteiger partial charge in [-0.3, -0.25) is 4.79 Å². The van der Waals surface area contributed by atoms with Crippen molar-refractivity contribution in [1.82, 2.24) is 10.6 Å². The highest BCUT2D eigenvalue weighted by Gasteiger charge is 2.58. The van der Waals surface area contributed by atoms with Crippen molar-refractivity contribution in [3.8, 4) is 0 Å². The van der Waals surface area contributed by atoms with E-state index in [2.05, 4.69) is 5.32 Å². The lowest BCUT2D eigenvalue weighted by molar-refractivity contribution is -0.207. The highest BCUT2D eigenvalue weighted by atomic mass is 19.4. The number of rotatable bonds is 3. The average Bonchev–Trinajstić information content (AvgIpc) is 2.28. The summed E-state index contributed by atoms with van der Waals surface area (Å²) in [6.45, 7) is 0.962. The Balaban J connectivity index is 2.78. The first-order valence-electron chi connectivity index (χ1n) is 5.12. The highest BCUT2D eigenvalue weighted by Crippen LogP contribution is 2.30. The zero-order valence-electron chi connectivity index (χ0n) is 9.50. The summed E-state index contributed by atoms with van der Waals surface area (Å²) >= 11 is 0. The number of carboxylic acid groups (broad SMARTS) is 1. The number of ether oxygens (including phenoxy) is 1. The molecule has 0 aromatic rings. The van der Waals surface area contributed by atoms with Crippen LogP contribution in [-0.2, 0) is 14.3 Å². The maximum atomic E-state index is 12.6. The number of carbonyl (C=O) groups excluding carboxylic acids is 1. The number of hydrogen-bond acceptors (Lipinski definition) is 4. The standard InChI is InChI=1S/C9H13F3N2O4/c1-8(7(16)17,9(10,11)12)14-6(15)5-4-18-3-2-13-5/h5,13H,2-4H2,1H3,(H,14,15)(H,16,17). The molecule has 1 aliphatic heterocycles. The predicted octanol–water partition coefficient (Wildman–Crippen LogP) is -0.503. The van der Waals surface area contributed by atoms with E-state index in [1.165, 1.54) is 5.32 Å². The molecular formula is C9H13F3N2O4. The molecule has 1 fully saturated rings. The molecule has 0 aliphatic carbocycles. The van der Waals surface area contributed by atoms with E-state index in [-0.39, 0.29) is 6.61 Å². The maximum Gasteiger partial charge on any atom is 0.422 e. The van der Waals surface area contributed by atoms with Gasteiger partial charge in [-0.2, -0.15) is 13.2 Å². The number of nitrogens with one attached hydrogen (secondary N) is 2. The third-order valence-electron chi connectivity index (χ3n) is 2.61. The molecule has 2 unspecified atom stereocenters. The number of carboxylic acids is 1. The molecular weight excluding hydrogens is 257 g/mol. The van der Waals surface area contributed by atoms with Gasteiger partial charge in [0.1, 0.15) is 6.04 Å². The van der Waals surface area contributed by atoms with Gasteiger partial charge < -0.3 is 20.5 Å². The summed E-state index contributed by atoms with van der Waals surface area (Å²) in [5.41, 5.74) is -3.32. The van der Waals surface area contributed by atoms with E-state index in [4.69, 9.17) is 9.84 Å². The largest absolute Gasteiger partial charge is 0.479 e. The Labute approximate surface area is 100 Å². The number of amides is 1. The van der Waals surface area contributed by atoms with Gasteiger partial charge in [0, 0.05) is 6.54 Å². The van der Waals surface area contributed by atoms with Crippen LogP contribution in [0.1, 0.15) is 6.92 Å². The van der Waals surface area contributed by atoms with Crippen LogP contribution >= 0.6 is 0 Å². The molecule has 2 atom stereocenters.